The fourth-order valence-electron chi connectivity index (χ4n) is 0.163. The molecule has 0 aliphatic heterocycles. The molecule has 0 aromatic rings. The molecule has 0 unspecified atom stereocenters. The normalized spacial score (nSPS) is 13.8. The Morgan fingerprint density at radius 3 is 1.60 bits per heavy atom. The molecule has 0 atom stereocenters. The third-order valence-electron chi connectivity index (χ3n) is 0.576. The highest BCUT2D eigenvalue weighted by Gasteiger charge is 2.59. The molecular formula is C3H3F5OS. The van der Waals surface area contributed by atoms with E-state index in [1.54, 1.807) is 0 Å². The van der Waals surface area contributed by atoms with Gasteiger partial charge in [-0.1, -0.05) is 0 Å². The van der Waals surface area contributed by atoms with Gasteiger partial charge in [-0.3, -0.25) is 0 Å². The van der Waals surface area contributed by atoms with E-state index in [0.717, 1.165) is 0 Å². The van der Waals surface area contributed by atoms with Crippen molar-refractivity contribution in [2.45, 2.75) is 12.3 Å². The molecule has 0 rings (SSSR count). The fraction of sp³-hybridized carbons (Fsp3) is 1.00. The molecule has 0 N–H and O–H groups in total. The van der Waals surface area contributed by atoms with Gasteiger partial charge in [-0.2, -0.15) is 34.6 Å². The summed E-state index contributed by atoms with van der Waals surface area (Å²) < 4.78 is 59.4. The molecule has 0 aromatic heterocycles. The highest BCUT2D eigenvalue weighted by molar-refractivity contribution is 7.80. The van der Waals surface area contributed by atoms with E-state index >= 15 is 0 Å². The molecule has 0 heterocycles. The van der Waals surface area contributed by atoms with Crippen molar-refractivity contribution in [2.75, 3.05) is 5.94 Å². The van der Waals surface area contributed by atoms with Crippen molar-refractivity contribution < 1.29 is 26.7 Å². The van der Waals surface area contributed by atoms with Gasteiger partial charge in [0.05, 0.1) is 5.94 Å². The number of hydrogen-bond acceptors (Lipinski definition) is 2. The standard InChI is InChI=1S/C3H3F5OS/c4-2(5,6)3(7,8)9-1-10/h10H,1H2. The Morgan fingerprint density at radius 2 is 1.50 bits per heavy atom. The number of alkyl halides is 5. The van der Waals surface area contributed by atoms with Gasteiger partial charge in [0.15, 0.2) is 0 Å². The van der Waals surface area contributed by atoms with Gasteiger partial charge >= 0.3 is 12.3 Å². The largest absolute Gasteiger partial charge is 0.482 e. The molecule has 0 saturated carbocycles. The predicted octanol–water partition coefficient (Wildman–Crippen LogP) is 2.05. The predicted molar refractivity (Wildman–Crippen MR) is 25.9 cm³/mol. The Kier molecular flexibility index (Phi) is 2.90. The summed E-state index contributed by atoms with van der Waals surface area (Å²) in [6, 6.07) is 0. The number of hydrogen-bond donors (Lipinski definition) is 1. The summed E-state index contributed by atoms with van der Waals surface area (Å²) >= 11 is 3.04. The van der Waals surface area contributed by atoms with Crippen molar-refractivity contribution in [3.8, 4) is 0 Å². The number of rotatable bonds is 2. The molecular weight excluding hydrogens is 179 g/mol. The van der Waals surface area contributed by atoms with Crippen LogP contribution in [0.25, 0.3) is 0 Å². The van der Waals surface area contributed by atoms with Crippen molar-refractivity contribution in [1.82, 2.24) is 0 Å². The molecule has 0 aromatic carbocycles. The van der Waals surface area contributed by atoms with E-state index in [4.69, 9.17) is 0 Å². The molecule has 10 heavy (non-hydrogen) atoms. The minimum Gasteiger partial charge on any atom is -0.303 e. The van der Waals surface area contributed by atoms with Crippen molar-refractivity contribution in [2.24, 2.45) is 0 Å². The van der Waals surface area contributed by atoms with Gasteiger partial charge in [0.1, 0.15) is 0 Å². The van der Waals surface area contributed by atoms with E-state index in [2.05, 4.69) is 17.4 Å². The van der Waals surface area contributed by atoms with Crippen molar-refractivity contribution in [3.05, 3.63) is 0 Å². The molecule has 0 saturated heterocycles. The average molecular weight is 182 g/mol. The van der Waals surface area contributed by atoms with Crippen LogP contribution in [0.5, 0.6) is 0 Å². The van der Waals surface area contributed by atoms with Crippen LogP contribution in [-0.2, 0) is 4.74 Å². The minimum atomic E-state index is -5.66. The summed E-state index contributed by atoms with van der Waals surface area (Å²) in [7, 11) is 0. The lowest BCUT2D eigenvalue weighted by molar-refractivity contribution is -0.385. The van der Waals surface area contributed by atoms with E-state index < -0.39 is 18.2 Å². The third-order valence-corrected chi connectivity index (χ3v) is 0.705. The van der Waals surface area contributed by atoms with E-state index in [0.29, 0.717) is 0 Å². The molecule has 0 fully saturated rings. The second kappa shape index (κ2) is 2.91. The van der Waals surface area contributed by atoms with Gasteiger partial charge in [-0.05, 0) is 0 Å². The summed E-state index contributed by atoms with van der Waals surface area (Å²) in [5.74, 6) is -0.980. The molecule has 7 heteroatoms. The summed E-state index contributed by atoms with van der Waals surface area (Å²) in [5.41, 5.74) is 0. The lowest BCUT2D eigenvalue weighted by Gasteiger charge is -2.17. The van der Waals surface area contributed by atoms with Gasteiger partial charge in [0.2, 0.25) is 0 Å². The highest BCUT2D eigenvalue weighted by atomic mass is 32.1. The first-order valence-electron chi connectivity index (χ1n) is 2.00. The second-order valence-corrected chi connectivity index (χ2v) is 1.55. The fourth-order valence-corrected chi connectivity index (χ4v) is 0.325. The van der Waals surface area contributed by atoms with Gasteiger partial charge < -0.3 is 4.74 Å². The maximum absolute atomic E-state index is 11.5. The van der Waals surface area contributed by atoms with Crippen molar-refractivity contribution >= 4 is 12.6 Å². The molecule has 0 radical (unpaired) electrons. The monoisotopic (exact) mass is 182 g/mol. The number of halogens is 5. The molecule has 62 valence electrons. The smallest absolute Gasteiger partial charge is 0.303 e. The van der Waals surface area contributed by atoms with Gasteiger partial charge in [0, 0.05) is 0 Å². The van der Waals surface area contributed by atoms with E-state index in [9.17, 15) is 22.0 Å². The Labute approximate surface area is 58.6 Å². The van der Waals surface area contributed by atoms with E-state index in [-0.39, 0.29) is 0 Å². The van der Waals surface area contributed by atoms with Crippen molar-refractivity contribution in [3.63, 3.8) is 0 Å². The van der Waals surface area contributed by atoms with E-state index in [1.165, 1.54) is 0 Å². The van der Waals surface area contributed by atoms with Crippen LogP contribution in [0.4, 0.5) is 22.0 Å². The maximum atomic E-state index is 11.5. The summed E-state index contributed by atoms with van der Waals surface area (Å²) in [4.78, 5) is 0. The Bertz CT molecular complexity index is 110. The average Bonchev–Trinajstić information content (AvgIpc) is 1.61. The zero-order valence-corrected chi connectivity index (χ0v) is 5.35. The van der Waals surface area contributed by atoms with Crippen LogP contribution in [0.1, 0.15) is 0 Å². The SMILES string of the molecule is FC(F)(F)C(F)(F)OCS. The van der Waals surface area contributed by atoms with Gasteiger partial charge in [-0.15, -0.1) is 0 Å². The summed E-state index contributed by atoms with van der Waals surface area (Å²) in [6.07, 6.45) is -10.7. The molecule has 0 spiro atoms. The number of ether oxygens (including phenoxy) is 1. The first kappa shape index (κ1) is 9.96. The summed E-state index contributed by atoms with van der Waals surface area (Å²) in [6.45, 7) is 0. The molecule has 0 aliphatic rings. The van der Waals surface area contributed by atoms with E-state index in [1.807, 2.05) is 0 Å². The maximum Gasteiger partial charge on any atom is 0.482 e. The van der Waals surface area contributed by atoms with Crippen LogP contribution in [0, 0.1) is 0 Å². The minimum absolute atomic E-state index is 0.980. The Balaban J connectivity index is 4.10. The van der Waals surface area contributed by atoms with Crippen LogP contribution >= 0.6 is 12.6 Å². The van der Waals surface area contributed by atoms with Gasteiger partial charge in [0.25, 0.3) is 0 Å². The second-order valence-electron chi connectivity index (χ2n) is 1.29. The molecule has 0 aliphatic carbocycles. The van der Waals surface area contributed by atoms with Crippen molar-refractivity contribution in [1.29, 1.82) is 0 Å². The van der Waals surface area contributed by atoms with Crippen LogP contribution < -0.4 is 0 Å². The Morgan fingerprint density at radius 1 is 1.10 bits per heavy atom. The van der Waals surface area contributed by atoms with Crippen LogP contribution in [0.15, 0.2) is 0 Å². The zero-order valence-electron chi connectivity index (χ0n) is 4.45. The third kappa shape index (κ3) is 2.30. The molecule has 1 nitrogen and oxygen atoms in total. The first-order valence-corrected chi connectivity index (χ1v) is 2.64. The topological polar surface area (TPSA) is 9.23 Å². The van der Waals surface area contributed by atoms with Gasteiger partial charge in [-0.25, -0.2) is 0 Å². The zero-order chi connectivity index (χ0) is 8.41. The highest BCUT2D eigenvalue weighted by Crippen LogP contribution is 2.36. The number of thiol groups is 1. The first-order chi connectivity index (χ1) is 4.31. The quantitative estimate of drug-likeness (QED) is 0.390. The summed E-state index contributed by atoms with van der Waals surface area (Å²) in [5, 5.41) is 0. The lowest BCUT2D eigenvalue weighted by atomic mass is 10.6. The van der Waals surface area contributed by atoms with Crippen LogP contribution in [0.2, 0.25) is 0 Å². The molecule has 0 amide bonds. The van der Waals surface area contributed by atoms with Crippen LogP contribution in [0.3, 0.4) is 0 Å². The molecule has 0 bridgehead atoms. The van der Waals surface area contributed by atoms with Crippen LogP contribution in [-0.4, -0.2) is 18.2 Å². The lowest BCUT2D eigenvalue weighted by Crippen LogP contribution is -2.38. The Hall–Kier alpha value is -0.0400.